The molecular weight excluding hydrogens is 356 g/mol. The fourth-order valence-electron chi connectivity index (χ4n) is 1.75. The van der Waals surface area contributed by atoms with Gasteiger partial charge in [-0.15, -0.1) is 0 Å². The number of aryl methyl sites for hydroxylation is 1. The van der Waals surface area contributed by atoms with E-state index in [1.165, 1.54) is 18.2 Å². The van der Waals surface area contributed by atoms with Crippen LogP contribution >= 0.6 is 15.9 Å². The molecule has 2 N–H and O–H groups in total. The van der Waals surface area contributed by atoms with Gasteiger partial charge in [0.1, 0.15) is 5.75 Å². The topological polar surface area (TPSA) is 90.2 Å². The number of hydrogen-bond acceptors (Lipinski definition) is 4. The van der Waals surface area contributed by atoms with Crippen molar-refractivity contribution in [2.75, 3.05) is 4.72 Å². The second kappa shape index (κ2) is 5.76. The smallest absolute Gasteiger partial charge is 0.262 e. The van der Waals surface area contributed by atoms with Gasteiger partial charge in [0.05, 0.1) is 22.2 Å². The molecule has 2 aromatic carbocycles. The maximum Gasteiger partial charge on any atom is 0.262 e. The Kier molecular flexibility index (Phi) is 4.21. The predicted molar refractivity (Wildman–Crippen MR) is 82.5 cm³/mol. The summed E-state index contributed by atoms with van der Waals surface area (Å²) < 4.78 is 27.8. The lowest BCUT2D eigenvalue weighted by Gasteiger charge is -2.12. The van der Waals surface area contributed by atoms with E-state index in [9.17, 15) is 13.5 Å². The number of aromatic hydroxyl groups is 1. The van der Waals surface area contributed by atoms with E-state index >= 15 is 0 Å². The van der Waals surface area contributed by atoms with Crippen LogP contribution in [0.4, 0.5) is 5.69 Å². The lowest BCUT2D eigenvalue weighted by atomic mass is 10.2. The lowest BCUT2D eigenvalue weighted by Crippen LogP contribution is -2.14. The van der Waals surface area contributed by atoms with Crippen molar-refractivity contribution in [3.63, 3.8) is 0 Å². The first-order valence-electron chi connectivity index (χ1n) is 5.85. The van der Waals surface area contributed by atoms with Crippen molar-refractivity contribution in [1.29, 1.82) is 5.26 Å². The van der Waals surface area contributed by atoms with E-state index in [4.69, 9.17) is 5.26 Å². The number of halogens is 1. The standard InChI is InChI=1S/C14H11BrN2O3S/c1-9-2-3-10(8-16)6-14(9)21(19,20)17-12-7-11(15)4-5-13(12)18/h2-7,17-18H,1H3. The first-order chi connectivity index (χ1) is 9.83. The van der Waals surface area contributed by atoms with Gasteiger partial charge in [0.2, 0.25) is 0 Å². The second-order valence-electron chi connectivity index (χ2n) is 4.36. The fourth-order valence-corrected chi connectivity index (χ4v) is 3.45. The van der Waals surface area contributed by atoms with Crippen LogP contribution in [0, 0.1) is 18.3 Å². The summed E-state index contributed by atoms with van der Waals surface area (Å²) in [6, 6.07) is 10.7. The molecule has 0 spiro atoms. The molecule has 0 saturated carbocycles. The number of nitrogens with zero attached hydrogens (tertiary/aromatic N) is 1. The van der Waals surface area contributed by atoms with E-state index in [0.717, 1.165) is 0 Å². The highest BCUT2D eigenvalue weighted by Crippen LogP contribution is 2.29. The Morgan fingerprint density at radius 2 is 1.95 bits per heavy atom. The van der Waals surface area contributed by atoms with Gasteiger partial charge in [-0.2, -0.15) is 5.26 Å². The number of sulfonamides is 1. The molecule has 0 aliphatic heterocycles. The van der Waals surface area contributed by atoms with E-state index < -0.39 is 10.0 Å². The second-order valence-corrected chi connectivity index (χ2v) is 6.93. The third-order valence-electron chi connectivity index (χ3n) is 2.81. The van der Waals surface area contributed by atoms with Gasteiger partial charge in [-0.3, -0.25) is 4.72 Å². The Morgan fingerprint density at radius 1 is 1.24 bits per heavy atom. The molecule has 0 unspecified atom stereocenters. The Hall–Kier alpha value is -2.04. The van der Waals surface area contributed by atoms with Crippen LogP contribution in [0.15, 0.2) is 45.8 Å². The van der Waals surface area contributed by atoms with Crippen LogP contribution in [0.1, 0.15) is 11.1 Å². The van der Waals surface area contributed by atoms with Crippen LogP contribution < -0.4 is 4.72 Å². The Bertz CT molecular complexity index is 842. The minimum absolute atomic E-state index is 0.000857. The largest absolute Gasteiger partial charge is 0.506 e. The summed E-state index contributed by atoms with van der Waals surface area (Å²) in [5, 5.41) is 18.6. The molecule has 0 atom stereocenters. The molecule has 0 saturated heterocycles. The number of benzene rings is 2. The molecule has 0 aromatic heterocycles. The summed E-state index contributed by atoms with van der Waals surface area (Å²) in [7, 11) is -3.90. The highest BCUT2D eigenvalue weighted by molar-refractivity contribution is 9.10. The lowest BCUT2D eigenvalue weighted by molar-refractivity contribution is 0.477. The van der Waals surface area contributed by atoms with Gasteiger partial charge in [-0.1, -0.05) is 22.0 Å². The number of anilines is 1. The summed E-state index contributed by atoms with van der Waals surface area (Å²) in [4.78, 5) is 0.000857. The van der Waals surface area contributed by atoms with Gasteiger partial charge in [0.25, 0.3) is 10.0 Å². The third-order valence-corrected chi connectivity index (χ3v) is 4.81. The van der Waals surface area contributed by atoms with Crippen LogP contribution in [0.3, 0.4) is 0 Å². The number of phenolic OH excluding ortho intramolecular Hbond substituents is 1. The van der Waals surface area contributed by atoms with Gasteiger partial charge < -0.3 is 5.11 Å². The molecule has 5 nitrogen and oxygen atoms in total. The summed E-state index contributed by atoms with van der Waals surface area (Å²) in [5.41, 5.74) is 0.821. The van der Waals surface area contributed by atoms with Crippen molar-refractivity contribution in [2.45, 2.75) is 11.8 Å². The zero-order valence-corrected chi connectivity index (χ0v) is 13.4. The average Bonchev–Trinajstić information content (AvgIpc) is 2.43. The molecule has 108 valence electrons. The zero-order valence-electron chi connectivity index (χ0n) is 11.0. The predicted octanol–water partition coefficient (Wildman–Crippen LogP) is 3.14. The van der Waals surface area contributed by atoms with Gasteiger partial charge in [0, 0.05) is 4.47 Å². The molecule has 0 fully saturated rings. The SMILES string of the molecule is Cc1ccc(C#N)cc1S(=O)(=O)Nc1cc(Br)ccc1O. The van der Waals surface area contributed by atoms with Crippen LogP contribution in [-0.2, 0) is 10.0 Å². The fraction of sp³-hybridized carbons (Fsp3) is 0.0714. The molecule has 7 heteroatoms. The van der Waals surface area contributed by atoms with Gasteiger partial charge in [0.15, 0.2) is 0 Å². The van der Waals surface area contributed by atoms with E-state index in [1.807, 2.05) is 6.07 Å². The number of phenols is 1. The van der Waals surface area contributed by atoms with Crippen molar-refractivity contribution in [1.82, 2.24) is 0 Å². The molecule has 0 aliphatic rings. The van der Waals surface area contributed by atoms with Gasteiger partial charge in [-0.05, 0) is 42.8 Å². The molecule has 0 aliphatic carbocycles. The number of rotatable bonds is 3. The van der Waals surface area contributed by atoms with Crippen LogP contribution in [0.5, 0.6) is 5.75 Å². The minimum Gasteiger partial charge on any atom is -0.506 e. The van der Waals surface area contributed by atoms with Crippen molar-refractivity contribution >= 4 is 31.6 Å². The van der Waals surface area contributed by atoms with Crippen molar-refractivity contribution in [3.05, 3.63) is 52.0 Å². The van der Waals surface area contributed by atoms with E-state index in [2.05, 4.69) is 20.7 Å². The number of nitriles is 1. The maximum absolute atomic E-state index is 12.4. The highest BCUT2D eigenvalue weighted by atomic mass is 79.9. The quantitative estimate of drug-likeness (QED) is 0.816. The molecule has 0 heterocycles. The Balaban J connectivity index is 2.48. The van der Waals surface area contributed by atoms with Crippen molar-refractivity contribution in [2.24, 2.45) is 0 Å². The van der Waals surface area contributed by atoms with Gasteiger partial charge >= 0.3 is 0 Å². The highest BCUT2D eigenvalue weighted by Gasteiger charge is 2.19. The molecular formula is C14H11BrN2O3S. The summed E-state index contributed by atoms with van der Waals surface area (Å²) >= 11 is 3.21. The molecule has 0 bridgehead atoms. The molecule has 21 heavy (non-hydrogen) atoms. The van der Waals surface area contributed by atoms with Crippen LogP contribution in [-0.4, -0.2) is 13.5 Å². The van der Waals surface area contributed by atoms with E-state index in [0.29, 0.717) is 10.0 Å². The number of nitrogens with one attached hydrogen (secondary N) is 1. The van der Waals surface area contributed by atoms with Gasteiger partial charge in [-0.25, -0.2) is 8.42 Å². The van der Waals surface area contributed by atoms with E-state index in [1.54, 1.807) is 25.1 Å². The molecule has 2 rings (SSSR count). The minimum atomic E-state index is -3.90. The first kappa shape index (κ1) is 15.4. The Morgan fingerprint density at radius 3 is 2.62 bits per heavy atom. The average molecular weight is 367 g/mol. The van der Waals surface area contributed by atoms with Crippen molar-refractivity contribution < 1.29 is 13.5 Å². The molecule has 0 amide bonds. The molecule has 0 radical (unpaired) electrons. The van der Waals surface area contributed by atoms with E-state index in [-0.39, 0.29) is 21.9 Å². The molecule has 2 aromatic rings. The third kappa shape index (κ3) is 3.35. The summed E-state index contributed by atoms with van der Waals surface area (Å²) in [6.45, 7) is 1.64. The monoisotopic (exact) mass is 366 g/mol. The Labute approximate surface area is 131 Å². The summed E-state index contributed by atoms with van der Waals surface area (Å²) in [6.07, 6.45) is 0. The van der Waals surface area contributed by atoms with Crippen LogP contribution in [0.2, 0.25) is 0 Å². The first-order valence-corrected chi connectivity index (χ1v) is 8.13. The number of hydrogen-bond donors (Lipinski definition) is 2. The maximum atomic E-state index is 12.4. The normalized spacial score (nSPS) is 10.9. The van der Waals surface area contributed by atoms with Crippen LogP contribution in [0.25, 0.3) is 0 Å². The van der Waals surface area contributed by atoms with Crippen molar-refractivity contribution in [3.8, 4) is 11.8 Å². The zero-order chi connectivity index (χ0) is 15.6. The summed E-state index contributed by atoms with van der Waals surface area (Å²) in [5.74, 6) is -0.184.